The van der Waals surface area contributed by atoms with Crippen molar-refractivity contribution in [2.24, 2.45) is 5.73 Å². The fraction of sp³-hybridized carbons (Fsp3) is 0.0323. The zero-order valence-electron chi connectivity index (χ0n) is 20.3. The topological polar surface area (TPSA) is 82.5 Å². The number of nitrogens with two attached hydrogens (primary N) is 1. The van der Waals surface area contributed by atoms with Crippen LogP contribution in [0.1, 0.15) is 11.3 Å². The Morgan fingerprint density at radius 3 is 2.22 bits per heavy atom. The summed E-state index contributed by atoms with van der Waals surface area (Å²) in [5, 5.41) is 6.99. The van der Waals surface area contributed by atoms with Gasteiger partial charge in [-0.3, -0.25) is 4.98 Å². The summed E-state index contributed by atoms with van der Waals surface area (Å²) in [5.41, 5.74) is 13.1. The minimum absolute atomic E-state index is 0.689. The Kier molecular flexibility index (Phi) is 5.75. The van der Waals surface area contributed by atoms with Gasteiger partial charge in [-0.25, -0.2) is 14.6 Å². The second-order valence-electron chi connectivity index (χ2n) is 8.70. The van der Waals surface area contributed by atoms with Gasteiger partial charge < -0.3 is 5.73 Å². The van der Waals surface area contributed by atoms with Crippen molar-refractivity contribution in [1.82, 2.24) is 24.7 Å². The third kappa shape index (κ3) is 4.15. The second kappa shape index (κ2) is 9.51. The fourth-order valence-corrected chi connectivity index (χ4v) is 4.56. The van der Waals surface area contributed by atoms with Crippen molar-refractivity contribution in [2.45, 2.75) is 6.92 Å². The van der Waals surface area contributed by atoms with Gasteiger partial charge in [-0.15, -0.1) is 0 Å². The standard InChI is InChI=1S/C31H24N6/c1-21-28(15-17-32)37(36-30(21)22-9-4-2-5-10-22)29-14-8-13-26(34-29)27-19-24-16-18-33-20-25(24)31(35-27)23-11-6-3-7-12-23/h2-20H,32H2,1H3/b17-15-. The lowest BCUT2D eigenvalue weighted by atomic mass is 10.0. The third-order valence-electron chi connectivity index (χ3n) is 6.36. The molecule has 0 aliphatic carbocycles. The van der Waals surface area contributed by atoms with Crippen LogP contribution in [0.25, 0.3) is 56.6 Å². The lowest BCUT2D eigenvalue weighted by Crippen LogP contribution is -2.04. The Morgan fingerprint density at radius 1 is 0.757 bits per heavy atom. The first kappa shape index (κ1) is 22.4. The maximum atomic E-state index is 5.81. The predicted molar refractivity (Wildman–Crippen MR) is 149 cm³/mol. The van der Waals surface area contributed by atoms with E-state index in [1.165, 1.54) is 6.20 Å². The highest BCUT2D eigenvalue weighted by Crippen LogP contribution is 2.31. The van der Waals surface area contributed by atoms with Crippen LogP contribution in [0.15, 0.2) is 110 Å². The molecule has 0 fully saturated rings. The molecule has 178 valence electrons. The molecule has 0 aliphatic heterocycles. The fourth-order valence-electron chi connectivity index (χ4n) is 4.56. The number of aromatic nitrogens is 5. The highest BCUT2D eigenvalue weighted by Gasteiger charge is 2.17. The molecule has 0 spiro atoms. The minimum atomic E-state index is 0.689. The van der Waals surface area contributed by atoms with Crippen LogP contribution in [0, 0.1) is 6.92 Å². The first-order chi connectivity index (χ1) is 18.2. The van der Waals surface area contributed by atoms with Crippen molar-refractivity contribution in [1.29, 1.82) is 0 Å². The molecular weight excluding hydrogens is 456 g/mol. The average Bonchev–Trinajstić information content (AvgIpc) is 3.29. The predicted octanol–water partition coefficient (Wildman–Crippen LogP) is 6.45. The second-order valence-corrected chi connectivity index (χ2v) is 8.70. The summed E-state index contributed by atoms with van der Waals surface area (Å²) in [4.78, 5) is 14.4. The summed E-state index contributed by atoms with van der Waals surface area (Å²) in [6, 6.07) is 30.2. The molecule has 4 aromatic heterocycles. The van der Waals surface area contributed by atoms with Crippen molar-refractivity contribution in [3.8, 4) is 39.7 Å². The molecule has 6 aromatic rings. The number of hydrogen-bond acceptors (Lipinski definition) is 5. The van der Waals surface area contributed by atoms with Crippen LogP contribution in [0.2, 0.25) is 0 Å². The minimum Gasteiger partial charge on any atom is -0.405 e. The van der Waals surface area contributed by atoms with Crippen LogP contribution in [-0.2, 0) is 0 Å². The SMILES string of the molecule is Cc1c(-c2ccccc2)nn(-c2cccc(-c3cc4ccncc4c(-c4ccccc4)n3)n2)c1/C=C\N. The van der Waals surface area contributed by atoms with E-state index in [0.717, 1.165) is 55.9 Å². The summed E-state index contributed by atoms with van der Waals surface area (Å²) >= 11 is 0. The van der Waals surface area contributed by atoms with E-state index in [9.17, 15) is 0 Å². The van der Waals surface area contributed by atoms with Gasteiger partial charge in [0.15, 0.2) is 5.82 Å². The van der Waals surface area contributed by atoms with Crippen LogP contribution in [0.4, 0.5) is 0 Å². The number of pyridine rings is 3. The lowest BCUT2D eigenvalue weighted by molar-refractivity contribution is 0.841. The van der Waals surface area contributed by atoms with E-state index < -0.39 is 0 Å². The van der Waals surface area contributed by atoms with Gasteiger partial charge in [0, 0.05) is 34.5 Å². The molecule has 0 amide bonds. The van der Waals surface area contributed by atoms with Crippen LogP contribution >= 0.6 is 0 Å². The van der Waals surface area contributed by atoms with Gasteiger partial charge in [0.1, 0.15) is 0 Å². The van der Waals surface area contributed by atoms with Gasteiger partial charge in [0.05, 0.1) is 28.5 Å². The molecule has 4 heterocycles. The van der Waals surface area contributed by atoms with Crippen LogP contribution in [0.5, 0.6) is 0 Å². The summed E-state index contributed by atoms with van der Waals surface area (Å²) in [5.74, 6) is 0.689. The number of nitrogens with zero attached hydrogens (tertiary/aromatic N) is 5. The van der Waals surface area contributed by atoms with Gasteiger partial charge in [-0.2, -0.15) is 5.10 Å². The molecule has 6 heteroatoms. The van der Waals surface area contributed by atoms with E-state index in [0.29, 0.717) is 5.82 Å². The zero-order valence-corrected chi connectivity index (χ0v) is 20.3. The molecule has 6 nitrogen and oxygen atoms in total. The van der Waals surface area contributed by atoms with Gasteiger partial charge in [0.2, 0.25) is 0 Å². The Labute approximate surface area is 214 Å². The number of benzene rings is 2. The molecule has 2 N–H and O–H groups in total. The molecule has 2 aromatic carbocycles. The molecule has 0 bridgehead atoms. The Morgan fingerprint density at radius 2 is 1.49 bits per heavy atom. The lowest BCUT2D eigenvalue weighted by Gasteiger charge is -2.11. The molecule has 6 rings (SSSR count). The van der Waals surface area contributed by atoms with Gasteiger partial charge in [0.25, 0.3) is 0 Å². The third-order valence-corrected chi connectivity index (χ3v) is 6.36. The first-order valence-electron chi connectivity index (χ1n) is 12.0. The molecule has 37 heavy (non-hydrogen) atoms. The Hall–Kier alpha value is -5.10. The number of fused-ring (bicyclic) bond motifs is 1. The van der Waals surface area contributed by atoms with Crippen molar-refractivity contribution < 1.29 is 0 Å². The Bertz CT molecular complexity index is 1740. The maximum absolute atomic E-state index is 5.81. The smallest absolute Gasteiger partial charge is 0.154 e. The Balaban J connectivity index is 1.51. The zero-order chi connectivity index (χ0) is 25.2. The van der Waals surface area contributed by atoms with E-state index in [4.69, 9.17) is 20.8 Å². The summed E-state index contributed by atoms with van der Waals surface area (Å²) < 4.78 is 1.84. The molecule has 0 unspecified atom stereocenters. The molecule has 0 radical (unpaired) electrons. The largest absolute Gasteiger partial charge is 0.405 e. The van der Waals surface area contributed by atoms with Crippen LogP contribution in [0.3, 0.4) is 0 Å². The molecule has 0 saturated carbocycles. The highest BCUT2D eigenvalue weighted by molar-refractivity contribution is 5.96. The quantitative estimate of drug-likeness (QED) is 0.307. The normalized spacial score (nSPS) is 11.4. The van der Waals surface area contributed by atoms with Crippen LogP contribution < -0.4 is 5.73 Å². The summed E-state index contributed by atoms with van der Waals surface area (Å²) in [7, 11) is 0. The van der Waals surface area contributed by atoms with E-state index in [-0.39, 0.29) is 0 Å². The number of hydrogen-bond donors (Lipinski definition) is 1. The van der Waals surface area contributed by atoms with Gasteiger partial charge in [-0.1, -0.05) is 66.7 Å². The summed E-state index contributed by atoms with van der Waals surface area (Å²) in [6.45, 7) is 2.05. The van der Waals surface area contributed by atoms with Crippen molar-refractivity contribution in [3.05, 3.63) is 121 Å². The van der Waals surface area contributed by atoms with Crippen molar-refractivity contribution >= 4 is 16.8 Å². The molecule has 0 saturated heterocycles. The first-order valence-corrected chi connectivity index (χ1v) is 12.0. The van der Waals surface area contributed by atoms with Crippen molar-refractivity contribution in [3.63, 3.8) is 0 Å². The molecule has 0 aliphatic rings. The van der Waals surface area contributed by atoms with E-state index in [1.807, 2.05) is 77.6 Å². The van der Waals surface area contributed by atoms with E-state index in [2.05, 4.69) is 42.2 Å². The molecular formula is C31H24N6. The maximum Gasteiger partial charge on any atom is 0.154 e. The van der Waals surface area contributed by atoms with Crippen LogP contribution in [-0.4, -0.2) is 24.7 Å². The van der Waals surface area contributed by atoms with Gasteiger partial charge >= 0.3 is 0 Å². The number of rotatable bonds is 5. The van der Waals surface area contributed by atoms with E-state index in [1.54, 1.807) is 6.20 Å². The summed E-state index contributed by atoms with van der Waals surface area (Å²) in [6.07, 6.45) is 7.05. The van der Waals surface area contributed by atoms with Crippen molar-refractivity contribution in [2.75, 3.05) is 0 Å². The van der Waals surface area contributed by atoms with Gasteiger partial charge in [-0.05, 0) is 48.9 Å². The highest BCUT2D eigenvalue weighted by atomic mass is 15.3. The molecule has 0 atom stereocenters. The monoisotopic (exact) mass is 480 g/mol. The van der Waals surface area contributed by atoms with E-state index >= 15 is 0 Å². The average molecular weight is 481 g/mol.